The fourth-order valence-corrected chi connectivity index (χ4v) is 3.47. The van der Waals surface area contributed by atoms with Crippen LogP contribution in [0.2, 0.25) is 0 Å². The Morgan fingerprint density at radius 3 is 2.52 bits per heavy atom. The van der Waals surface area contributed by atoms with Gasteiger partial charge in [-0.3, -0.25) is 9.59 Å². The molecule has 0 aromatic heterocycles. The number of carbonyl (C=O) groups is 2. The first-order chi connectivity index (χ1) is 13.1. The lowest BCUT2D eigenvalue weighted by Gasteiger charge is -2.23. The molecule has 3 rings (SSSR count). The van der Waals surface area contributed by atoms with E-state index in [9.17, 15) is 9.59 Å². The molecule has 2 amide bonds. The predicted octanol–water partition coefficient (Wildman–Crippen LogP) is 4.02. The number of hydrogen-bond acceptors (Lipinski definition) is 3. The summed E-state index contributed by atoms with van der Waals surface area (Å²) in [6.07, 6.45) is 4.15. The molecule has 2 N–H and O–H groups in total. The maximum atomic E-state index is 12.4. The van der Waals surface area contributed by atoms with Crippen molar-refractivity contribution in [3.8, 4) is 0 Å². The normalized spacial score (nSPS) is 12.6. The maximum absolute atomic E-state index is 12.4. The first-order valence-corrected chi connectivity index (χ1v) is 9.64. The number of rotatable bonds is 8. The minimum absolute atomic E-state index is 0.00663. The zero-order chi connectivity index (χ0) is 19.1. The molecule has 2 aromatic rings. The van der Waals surface area contributed by atoms with Crippen LogP contribution in [0.3, 0.4) is 0 Å². The van der Waals surface area contributed by atoms with Gasteiger partial charge in [-0.1, -0.05) is 36.8 Å². The number of unbranched alkanes of at least 4 members (excludes halogenated alkanes) is 2. The minimum atomic E-state index is -0.00663. The van der Waals surface area contributed by atoms with Crippen LogP contribution in [0.25, 0.3) is 0 Å². The highest BCUT2D eigenvalue weighted by Crippen LogP contribution is 2.38. The van der Waals surface area contributed by atoms with Gasteiger partial charge in [0.25, 0.3) is 0 Å². The maximum Gasteiger partial charge on any atom is 0.224 e. The molecule has 0 fully saturated rings. The molecule has 0 bridgehead atoms. The van der Waals surface area contributed by atoms with E-state index >= 15 is 0 Å². The van der Waals surface area contributed by atoms with Crippen molar-refractivity contribution in [2.24, 2.45) is 0 Å². The van der Waals surface area contributed by atoms with Crippen LogP contribution in [-0.4, -0.2) is 24.9 Å². The number of nitrogens with one attached hydrogen (secondary N) is 2. The monoisotopic (exact) mass is 365 g/mol. The number of benzene rings is 2. The summed E-state index contributed by atoms with van der Waals surface area (Å²) in [5, 5.41) is 5.85. The second-order valence-electron chi connectivity index (χ2n) is 6.89. The number of hydrogen-bond donors (Lipinski definition) is 2. The summed E-state index contributed by atoms with van der Waals surface area (Å²) in [6.45, 7) is 3.12. The van der Waals surface area contributed by atoms with Crippen molar-refractivity contribution in [2.75, 3.05) is 23.3 Å². The highest BCUT2D eigenvalue weighted by molar-refractivity contribution is 5.95. The molecule has 5 heteroatoms. The topological polar surface area (TPSA) is 61.4 Å². The number of fused-ring (bicyclic) bond motifs is 1. The molecule has 2 aromatic carbocycles. The summed E-state index contributed by atoms with van der Waals surface area (Å²) in [5.74, 6) is 0.0299. The van der Waals surface area contributed by atoms with Crippen molar-refractivity contribution in [2.45, 2.75) is 39.0 Å². The van der Waals surface area contributed by atoms with Crippen molar-refractivity contribution >= 4 is 28.9 Å². The van der Waals surface area contributed by atoms with Crippen molar-refractivity contribution in [1.82, 2.24) is 5.32 Å². The number of nitrogens with zero attached hydrogens (tertiary/aromatic N) is 1. The van der Waals surface area contributed by atoms with Crippen LogP contribution < -0.4 is 15.5 Å². The minimum Gasteiger partial charge on any atom is -0.356 e. The average molecular weight is 365 g/mol. The van der Waals surface area contributed by atoms with Gasteiger partial charge in [0, 0.05) is 32.1 Å². The Kier molecular flexibility index (Phi) is 6.47. The van der Waals surface area contributed by atoms with Crippen LogP contribution >= 0.6 is 0 Å². The van der Waals surface area contributed by atoms with Gasteiger partial charge < -0.3 is 15.5 Å². The van der Waals surface area contributed by atoms with Gasteiger partial charge in [-0.2, -0.15) is 0 Å². The second-order valence-corrected chi connectivity index (χ2v) is 6.89. The van der Waals surface area contributed by atoms with Crippen molar-refractivity contribution < 1.29 is 9.59 Å². The van der Waals surface area contributed by atoms with Crippen LogP contribution in [0.1, 0.15) is 38.2 Å². The summed E-state index contributed by atoms with van der Waals surface area (Å²) < 4.78 is 0. The van der Waals surface area contributed by atoms with Gasteiger partial charge in [-0.25, -0.2) is 0 Å². The van der Waals surface area contributed by atoms with Crippen LogP contribution in [0, 0.1) is 0 Å². The number of amides is 2. The van der Waals surface area contributed by atoms with Gasteiger partial charge in [0.15, 0.2) is 0 Å². The Hall–Kier alpha value is -2.82. The molecule has 0 radical (unpaired) electrons. The molecule has 0 aliphatic carbocycles. The Morgan fingerprint density at radius 2 is 1.70 bits per heavy atom. The Bertz CT molecular complexity index is 804. The molecule has 142 valence electrons. The van der Waals surface area contributed by atoms with Crippen LogP contribution in [0.5, 0.6) is 0 Å². The summed E-state index contributed by atoms with van der Waals surface area (Å²) in [6, 6.07) is 16.4. The Labute approximate surface area is 160 Å². The number of para-hydroxylation sites is 3. The SMILES string of the molecule is CC(=O)NCCCCCC(=O)Nc1ccccc1N1CCc2ccccc21. The lowest BCUT2D eigenvalue weighted by Crippen LogP contribution is -2.21. The fraction of sp³-hybridized carbons (Fsp3) is 0.364. The highest BCUT2D eigenvalue weighted by atomic mass is 16.2. The molecule has 1 aliphatic heterocycles. The fourth-order valence-electron chi connectivity index (χ4n) is 3.47. The highest BCUT2D eigenvalue weighted by Gasteiger charge is 2.22. The summed E-state index contributed by atoms with van der Waals surface area (Å²) in [4.78, 5) is 25.5. The van der Waals surface area contributed by atoms with Gasteiger partial charge >= 0.3 is 0 Å². The third-order valence-corrected chi connectivity index (χ3v) is 4.81. The smallest absolute Gasteiger partial charge is 0.224 e. The lowest BCUT2D eigenvalue weighted by molar-refractivity contribution is -0.119. The molecular weight excluding hydrogens is 338 g/mol. The molecule has 0 saturated carbocycles. The third kappa shape index (κ3) is 5.09. The van der Waals surface area contributed by atoms with E-state index in [1.165, 1.54) is 18.2 Å². The largest absolute Gasteiger partial charge is 0.356 e. The molecule has 0 saturated heterocycles. The van der Waals surface area contributed by atoms with Crippen LogP contribution in [0.15, 0.2) is 48.5 Å². The van der Waals surface area contributed by atoms with E-state index in [4.69, 9.17) is 0 Å². The van der Waals surface area contributed by atoms with E-state index in [0.29, 0.717) is 13.0 Å². The Morgan fingerprint density at radius 1 is 0.963 bits per heavy atom. The first-order valence-electron chi connectivity index (χ1n) is 9.64. The van der Waals surface area contributed by atoms with E-state index in [2.05, 4.69) is 45.9 Å². The molecule has 1 heterocycles. The molecule has 0 spiro atoms. The van der Waals surface area contributed by atoms with Crippen LogP contribution in [-0.2, 0) is 16.0 Å². The van der Waals surface area contributed by atoms with Gasteiger partial charge in [0.05, 0.1) is 11.4 Å². The molecule has 5 nitrogen and oxygen atoms in total. The molecule has 1 aliphatic rings. The summed E-state index contributed by atoms with van der Waals surface area (Å²) >= 11 is 0. The molecule has 0 atom stereocenters. The molecule has 0 unspecified atom stereocenters. The van der Waals surface area contributed by atoms with Gasteiger partial charge in [0.1, 0.15) is 0 Å². The van der Waals surface area contributed by atoms with Crippen molar-refractivity contribution in [3.05, 3.63) is 54.1 Å². The van der Waals surface area contributed by atoms with E-state index in [1.54, 1.807) is 0 Å². The van der Waals surface area contributed by atoms with Crippen LogP contribution in [0.4, 0.5) is 17.1 Å². The number of carbonyl (C=O) groups excluding carboxylic acids is 2. The van der Waals surface area contributed by atoms with E-state index in [-0.39, 0.29) is 11.8 Å². The van der Waals surface area contributed by atoms with Crippen molar-refractivity contribution in [1.29, 1.82) is 0 Å². The lowest BCUT2D eigenvalue weighted by atomic mass is 10.1. The average Bonchev–Trinajstić information content (AvgIpc) is 3.09. The number of anilines is 3. The van der Waals surface area contributed by atoms with Gasteiger partial charge in [0.2, 0.25) is 11.8 Å². The zero-order valence-corrected chi connectivity index (χ0v) is 15.8. The van der Waals surface area contributed by atoms with E-state index < -0.39 is 0 Å². The van der Waals surface area contributed by atoms with E-state index in [1.807, 2.05) is 18.2 Å². The predicted molar refractivity (Wildman–Crippen MR) is 109 cm³/mol. The third-order valence-electron chi connectivity index (χ3n) is 4.81. The summed E-state index contributed by atoms with van der Waals surface area (Å²) in [5.41, 5.74) is 4.47. The quantitative estimate of drug-likeness (QED) is 0.695. The van der Waals surface area contributed by atoms with Crippen molar-refractivity contribution in [3.63, 3.8) is 0 Å². The summed E-state index contributed by atoms with van der Waals surface area (Å²) in [7, 11) is 0. The van der Waals surface area contributed by atoms with Gasteiger partial charge in [-0.15, -0.1) is 0 Å². The molecular formula is C22H27N3O2. The van der Waals surface area contributed by atoms with Gasteiger partial charge in [-0.05, 0) is 43.0 Å². The second kappa shape index (κ2) is 9.21. The Balaban J connectivity index is 1.56. The molecule has 27 heavy (non-hydrogen) atoms. The zero-order valence-electron chi connectivity index (χ0n) is 15.8. The standard InChI is InChI=1S/C22H27N3O2/c1-17(26)23-15-8-2-3-13-22(27)24-19-10-5-7-12-21(19)25-16-14-18-9-4-6-11-20(18)25/h4-7,9-12H,2-3,8,13-16H2,1H3,(H,23,26)(H,24,27). The first kappa shape index (κ1) is 19.0. The van der Waals surface area contributed by atoms with E-state index in [0.717, 1.165) is 43.6 Å².